The van der Waals surface area contributed by atoms with Crippen LogP contribution in [0.1, 0.15) is 57.2 Å². The molecular weight excluding hydrogens is 466 g/mol. The van der Waals surface area contributed by atoms with Crippen molar-refractivity contribution in [2.45, 2.75) is 85.0 Å². The van der Waals surface area contributed by atoms with E-state index in [9.17, 15) is 14.7 Å². The van der Waals surface area contributed by atoms with E-state index < -0.39 is 18.2 Å². The molecule has 37 heavy (non-hydrogen) atoms. The zero-order chi connectivity index (χ0) is 27.5. The van der Waals surface area contributed by atoms with Crippen molar-refractivity contribution in [3.63, 3.8) is 0 Å². The molecule has 0 spiro atoms. The highest BCUT2D eigenvalue weighted by Crippen LogP contribution is 2.22. The van der Waals surface area contributed by atoms with Crippen LogP contribution in [0.5, 0.6) is 5.75 Å². The van der Waals surface area contributed by atoms with E-state index >= 15 is 0 Å². The molecule has 7 heteroatoms. The Labute approximate surface area is 222 Å². The summed E-state index contributed by atoms with van der Waals surface area (Å²) in [4.78, 5) is 25.6. The van der Waals surface area contributed by atoms with Crippen molar-refractivity contribution in [1.29, 1.82) is 0 Å². The van der Waals surface area contributed by atoms with Gasteiger partial charge in [0, 0.05) is 6.04 Å². The van der Waals surface area contributed by atoms with Crippen LogP contribution in [0.25, 0.3) is 0 Å². The molecule has 5 N–H and O–H groups in total. The first kappa shape index (κ1) is 30.3. The standard InChI is InChI=1S/C30H45N3O4/c1-19(2)15-24(32-30(36)28(31)20(3)4)17-26(34)25(16-23-13-8-7-9-14-23)33-27(35)18-37-29-21(5)11-10-12-22(29)6/h7-14,19-20,24-26,28,34H,15-18,31H2,1-6H3,(H,32,36)(H,33,35)/t24-,25-,26-,28?/m0/s1. The Morgan fingerprint density at radius 1 is 0.919 bits per heavy atom. The Balaban J connectivity index is 2.14. The zero-order valence-electron chi connectivity index (χ0n) is 23.2. The topological polar surface area (TPSA) is 114 Å². The summed E-state index contributed by atoms with van der Waals surface area (Å²) in [5.41, 5.74) is 8.97. The molecule has 204 valence electrons. The zero-order valence-corrected chi connectivity index (χ0v) is 23.2. The Morgan fingerprint density at radius 3 is 2.11 bits per heavy atom. The second-order valence-corrected chi connectivity index (χ2v) is 10.8. The van der Waals surface area contributed by atoms with Gasteiger partial charge in [-0.25, -0.2) is 0 Å². The summed E-state index contributed by atoms with van der Waals surface area (Å²) in [7, 11) is 0. The normalized spacial score (nSPS) is 14.6. The second-order valence-electron chi connectivity index (χ2n) is 10.8. The van der Waals surface area contributed by atoms with Gasteiger partial charge in [-0.15, -0.1) is 0 Å². The quantitative estimate of drug-likeness (QED) is 0.309. The first-order valence-corrected chi connectivity index (χ1v) is 13.2. The average Bonchev–Trinajstić information content (AvgIpc) is 2.82. The van der Waals surface area contributed by atoms with Gasteiger partial charge in [-0.3, -0.25) is 9.59 Å². The number of amides is 2. The van der Waals surface area contributed by atoms with Gasteiger partial charge in [0.15, 0.2) is 6.61 Å². The molecule has 0 fully saturated rings. The number of carbonyl (C=O) groups is 2. The number of hydrogen-bond donors (Lipinski definition) is 4. The van der Waals surface area contributed by atoms with E-state index in [2.05, 4.69) is 24.5 Å². The molecule has 0 saturated heterocycles. The predicted molar refractivity (Wildman–Crippen MR) is 148 cm³/mol. The van der Waals surface area contributed by atoms with Gasteiger partial charge in [0.1, 0.15) is 5.75 Å². The fraction of sp³-hybridized carbons (Fsp3) is 0.533. The molecule has 4 atom stereocenters. The van der Waals surface area contributed by atoms with Crippen LogP contribution in [0.4, 0.5) is 0 Å². The van der Waals surface area contributed by atoms with Crippen molar-refractivity contribution in [3.05, 3.63) is 65.2 Å². The van der Waals surface area contributed by atoms with Crippen LogP contribution in [-0.2, 0) is 16.0 Å². The summed E-state index contributed by atoms with van der Waals surface area (Å²) in [6, 6.07) is 14.1. The van der Waals surface area contributed by atoms with E-state index in [1.54, 1.807) is 0 Å². The molecular formula is C30H45N3O4. The third-order valence-electron chi connectivity index (χ3n) is 6.51. The van der Waals surface area contributed by atoms with Gasteiger partial charge in [0.05, 0.1) is 18.2 Å². The Bertz CT molecular complexity index is 973. The van der Waals surface area contributed by atoms with Crippen molar-refractivity contribution >= 4 is 11.8 Å². The minimum atomic E-state index is -0.885. The third kappa shape index (κ3) is 10.2. The Hall–Kier alpha value is -2.90. The molecule has 0 radical (unpaired) electrons. The summed E-state index contributed by atoms with van der Waals surface area (Å²) in [6.45, 7) is 11.7. The molecule has 0 heterocycles. The van der Waals surface area contributed by atoms with Gasteiger partial charge in [0.25, 0.3) is 5.91 Å². The van der Waals surface area contributed by atoms with Crippen LogP contribution in [0, 0.1) is 25.7 Å². The SMILES string of the molecule is Cc1cccc(C)c1OCC(=O)N[C@@H](Cc1ccccc1)[C@@H](O)C[C@H](CC(C)C)NC(=O)C(N)C(C)C. The van der Waals surface area contributed by atoms with Crippen LogP contribution >= 0.6 is 0 Å². The molecule has 2 amide bonds. The molecule has 2 aromatic rings. The summed E-state index contributed by atoms with van der Waals surface area (Å²) in [6.07, 6.45) is 0.550. The number of benzene rings is 2. The lowest BCUT2D eigenvalue weighted by Gasteiger charge is -2.30. The number of aliphatic hydroxyl groups is 1. The fourth-order valence-electron chi connectivity index (χ4n) is 4.40. The van der Waals surface area contributed by atoms with E-state index in [0.29, 0.717) is 30.9 Å². The highest BCUT2D eigenvalue weighted by atomic mass is 16.5. The van der Waals surface area contributed by atoms with Gasteiger partial charge < -0.3 is 26.2 Å². The first-order valence-electron chi connectivity index (χ1n) is 13.2. The van der Waals surface area contributed by atoms with Crippen molar-refractivity contribution in [3.8, 4) is 5.75 Å². The van der Waals surface area contributed by atoms with Gasteiger partial charge >= 0.3 is 0 Å². The van der Waals surface area contributed by atoms with E-state index in [4.69, 9.17) is 10.5 Å². The molecule has 0 aromatic heterocycles. The fourth-order valence-corrected chi connectivity index (χ4v) is 4.40. The number of hydrogen-bond acceptors (Lipinski definition) is 5. The molecule has 0 bridgehead atoms. The van der Waals surface area contributed by atoms with Crippen LogP contribution < -0.4 is 21.1 Å². The molecule has 1 unspecified atom stereocenters. The summed E-state index contributed by atoms with van der Waals surface area (Å²) >= 11 is 0. The van der Waals surface area contributed by atoms with Crippen molar-refractivity contribution in [1.82, 2.24) is 10.6 Å². The molecule has 0 saturated carbocycles. The number of ether oxygens (including phenoxy) is 1. The molecule has 0 aliphatic heterocycles. The van der Waals surface area contributed by atoms with Gasteiger partial charge in [-0.1, -0.05) is 76.2 Å². The predicted octanol–water partition coefficient (Wildman–Crippen LogP) is 3.67. The smallest absolute Gasteiger partial charge is 0.258 e. The minimum absolute atomic E-state index is 0.00614. The largest absolute Gasteiger partial charge is 0.483 e. The second kappa shape index (κ2) is 14.7. The van der Waals surface area contributed by atoms with Crippen LogP contribution in [0.3, 0.4) is 0 Å². The molecule has 7 nitrogen and oxygen atoms in total. The summed E-state index contributed by atoms with van der Waals surface area (Å²) in [5.74, 6) is 0.471. The van der Waals surface area contributed by atoms with E-state index in [1.807, 2.05) is 76.2 Å². The van der Waals surface area contributed by atoms with E-state index in [0.717, 1.165) is 16.7 Å². The lowest BCUT2D eigenvalue weighted by molar-refractivity contribution is -0.126. The maximum absolute atomic E-state index is 12.9. The van der Waals surface area contributed by atoms with Gasteiger partial charge in [-0.2, -0.15) is 0 Å². The molecule has 0 aliphatic carbocycles. The summed E-state index contributed by atoms with van der Waals surface area (Å²) < 4.78 is 5.83. The lowest BCUT2D eigenvalue weighted by atomic mass is 9.92. The number of para-hydroxylation sites is 1. The Kier molecular flexibility index (Phi) is 12.1. The number of aliphatic hydroxyl groups excluding tert-OH is 1. The highest BCUT2D eigenvalue weighted by molar-refractivity contribution is 5.82. The maximum Gasteiger partial charge on any atom is 0.258 e. The molecule has 2 rings (SSSR count). The van der Waals surface area contributed by atoms with E-state index in [-0.39, 0.29) is 30.4 Å². The van der Waals surface area contributed by atoms with Crippen LogP contribution in [0.2, 0.25) is 0 Å². The van der Waals surface area contributed by atoms with Crippen molar-refractivity contribution in [2.24, 2.45) is 17.6 Å². The minimum Gasteiger partial charge on any atom is -0.483 e. The van der Waals surface area contributed by atoms with Gasteiger partial charge in [-0.05, 0) is 61.6 Å². The van der Waals surface area contributed by atoms with Crippen molar-refractivity contribution < 1.29 is 19.4 Å². The molecule has 2 aromatic carbocycles. The lowest BCUT2D eigenvalue weighted by Crippen LogP contribution is -2.52. The number of aryl methyl sites for hydroxylation is 2. The van der Waals surface area contributed by atoms with Crippen molar-refractivity contribution in [2.75, 3.05) is 6.61 Å². The maximum atomic E-state index is 12.9. The highest BCUT2D eigenvalue weighted by Gasteiger charge is 2.28. The number of rotatable bonds is 14. The van der Waals surface area contributed by atoms with Crippen LogP contribution in [0.15, 0.2) is 48.5 Å². The third-order valence-corrected chi connectivity index (χ3v) is 6.51. The number of nitrogens with two attached hydrogens (primary N) is 1. The Morgan fingerprint density at radius 2 is 1.54 bits per heavy atom. The molecule has 0 aliphatic rings. The average molecular weight is 512 g/mol. The van der Waals surface area contributed by atoms with Crippen LogP contribution in [-0.4, -0.2) is 47.8 Å². The summed E-state index contributed by atoms with van der Waals surface area (Å²) in [5, 5.41) is 17.3. The number of carbonyl (C=O) groups excluding carboxylic acids is 2. The number of nitrogens with one attached hydrogen (secondary N) is 2. The van der Waals surface area contributed by atoms with Gasteiger partial charge in [0.2, 0.25) is 5.91 Å². The van der Waals surface area contributed by atoms with E-state index in [1.165, 1.54) is 0 Å². The first-order chi connectivity index (χ1) is 17.5. The monoisotopic (exact) mass is 511 g/mol.